The molecule has 1 aliphatic rings. The number of hydrogen-bond acceptors (Lipinski definition) is 3. The quantitative estimate of drug-likeness (QED) is 0.685. The first-order valence-corrected chi connectivity index (χ1v) is 5.09. The number of carbonyl (C=O) groups excluding carboxylic acids is 1. The van der Waals surface area contributed by atoms with E-state index in [0.717, 1.165) is 37.9 Å². The lowest BCUT2D eigenvalue weighted by atomic mass is 10.1. The zero-order valence-electron chi connectivity index (χ0n) is 8.44. The molecule has 0 aliphatic carbocycles. The van der Waals surface area contributed by atoms with Crippen molar-refractivity contribution in [2.75, 3.05) is 18.0 Å². The monoisotopic (exact) mass is 200 g/mol. The summed E-state index contributed by atoms with van der Waals surface area (Å²) in [5.41, 5.74) is 2.19. The average molecular weight is 200 g/mol. The highest BCUT2D eigenvalue weighted by atomic mass is 16.1. The number of anilines is 1. The highest BCUT2D eigenvalue weighted by Gasteiger charge is 2.15. The van der Waals surface area contributed by atoms with E-state index in [9.17, 15) is 4.79 Å². The topological polar surface area (TPSA) is 44.1 Å². The third-order valence-corrected chi connectivity index (χ3v) is 2.73. The fraction of sp³-hybridized carbons (Fsp3) is 0.333. The van der Waals surface area contributed by atoms with Gasteiger partial charge in [-0.15, -0.1) is 0 Å². The molecule has 0 N–H and O–H groups in total. The van der Waals surface area contributed by atoms with E-state index in [1.807, 2.05) is 0 Å². The fourth-order valence-corrected chi connectivity index (χ4v) is 1.94. The summed E-state index contributed by atoms with van der Waals surface area (Å²) in [5.74, 6) is 0. The van der Waals surface area contributed by atoms with Crippen molar-refractivity contribution in [3.05, 3.63) is 29.3 Å². The Morgan fingerprint density at radius 3 is 2.67 bits per heavy atom. The first-order chi connectivity index (χ1) is 7.35. The molecule has 1 aromatic carbocycles. The summed E-state index contributed by atoms with van der Waals surface area (Å²) in [6, 6.07) is 7.31. The van der Waals surface area contributed by atoms with Gasteiger partial charge in [-0.3, -0.25) is 4.79 Å². The molecular weight excluding hydrogens is 188 g/mol. The van der Waals surface area contributed by atoms with Crippen LogP contribution in [0.3, 0.4) is 0 Å². The van der Waals surface area contributed by atoms with Crippen LogP contribution in [0, 0.1) is 11.3 Å². The highest BCUT2D eigenvalue weighted by molar-refractivity contribution is 5.85. The van der Waals surface area contributed by atoms with Gasteiger partial charge >= 0.3 is 0 Å². The normalized spacial score (nSPS) is 15.0. The van der Waals surface area contributed by atoms with Crippen LogP contribution in [0.2, 0.25) is 0 Å². The van der Waals surface area contributed by atoms with Crippen LogP contribution in [-0.2, 0) is 0 Å². The molecule has 1 aliphatic heterocycles. The predicted octanol–water partition coefficient (Wildman–Crippen LogP) is 1.97. The van der Waals surface area contributed by atoms with E-state index in [2.05, 4.69) is 11.0 Å². The molecule has 0 atom stereocenters. The van der Waals surface area contributed by atoms with Crippen LogP contribution >= 0.6 is 0 Å². The van der Waals surface area contributed by atoms with Gasteiger partial charge in [0, 0.05) is 24.3 Å². The summed E-state index contributed by atoms with van der Waals surface area (Å²) in [6.45, 7) is 1.96. The average Bonchev–Trinajstić information content (AvgIpc) is 2.81. The summed E-state index contributed by atoms with van der Waals surface area (Å²) in [4.78, 5) is 13.0. The van der Waals surface area contributed by atoms with Crippen molar-refractivity contribution < 1.29 is 4.79 Å². The molecular formula is C12H12N2O. The van der Waals surface area contributed by atoms with Gasteiger partial charge in [0.15, 0.2) is 6.29 Å². The SMILES string of the molecule is N#Cc1ccc(C=O)c(N2CCCC2)c1. The maximum atomic E-state index is 10.9. The highest BCUT2D eigenvalue weighted by Crippen LogP contribution is 2.24. The fourth-order valence-electron chi connectivity index (χ4n) is 1.94. The largest absolute Gasteiger partial charge is 0.371 e. The Bertz CT molecular complexity index is 414. The van der Waals surface area contributed by atoms with Gasteiger partial charge in [0.05, 0.1) is 11.6 Å². The number of nitriles is 1. The number of rotatable bonds is 2. The molecule has 1 heterocycles. The van der Waals surface area contributed by atoms with Crippen LogP contribution in [0.15, 0.2) is 18.2 Å². The molecule has 0 radical (unpaired) electrons. The summed E-state index contributed by atoms with van der Waals surface area (Å²) >= 11 is 0. The summed E-state index contributed by atoms with van der Waals surface area (Å²) in [5, 5.41) is 8.81. The summed E-state index contributed by atoms with van der Waals surface area (Å²) in [6.07, 6.45) is 3.18. The van der Waals surface area contributed by atoms with E-state index < -0.39 is 0 Å². The number of hydrogen-bond donors (Lipinski definition) is 0. The van der Waals surface area contributed by atoms with E-state index >= 15 is 0 Å². The van der Waals surface area contributed by atoms with Crippen molar-refractivity contribution >= 4 is 12.0 Å². The van der Waals surface area contributed by atoms with Crippen LogP contribution in [-0.4, -0.2) is 19.4 Å². The summed E-state index contributed by atoms with van der Waals surface area (Å²) < 4.78 is 0. The van der Waals surface area contributed by atoms with Gasteiger partial charge < -0.3 is 4.90 Å². The van der Waals surface area contributed by atoms with Gasteiger partial charge in [-0.25, -0.2) is 0 Å². The van der Waals surface area contributed by atoms with Crippen LogP contribution in [0.1, 0.15) is 28.8 Å². The molecule has 15 heavy (non-hydrogen) atoms. The molecule has 0 bridgehead atoms. The number of aldehydes is 1. The lowest BCUT2D eigenvalue weighted by molar-refractivity contribution is 0.112. The second kappa shape index (κ2) is 4.14. The minimum atomic E-state index is 0.613. The number of carbonyl (C=O) groups is 1. The second-order valence-corrected chi connectivity index (χ2v) is 3.70. The minimum absolute atomic E-state index is 0.613. The molecule has 0 saturated carbocycles. The molecule has 0 amide bonds. The Hall–Kier alpha value is -1.82. The maximum absolute atomic E-state index is 10.9. The van der Waals surface area contributed by atoms with Crippen molar-refractivity contribution in [1.82, 2.24) is 0 Å². The molecule has 1 fully saturated rings. The maximum Gasteiger partial charge on any atom is 0.152 e. The lowest BCUT2D eigenvalue weighted by Crippen LogP contribution is -2.19. The van der Waals surface area contributed by atoms with Crippen molar-refractivity contribution in [2.24, 2.45) is 0 Å². The Morgan fingerprint density at radius 1 is 1.33 bits per heavy atom. The predicted molar refractivity (Wildman–Crippen MR) is 58.0 cm³/mol. The molecule has 3 nitrogen and oxygen atoms in total. The van der Waals surface area contributed by atoms with Gasteiger partial charge in [0.1, 0.15) is 0 Å². The lowest BCUT2D eigenvalue weighted by Gasteiger charge is -2.19. The van der Waals surface area contributed by atoms with E-state index in [0.29, 0.717) is 11.1 Å². The van der Waals surface area contributed by atoms with Gasteiger partial charge in [-0.05, 0) is 31.0 Å². The molecule has 0 aromatic heterocycles. The molecule has 76 valence electrons. The van der Waals surface area contributed by atoms with E-state index in [1.54, 1.807) is 18.2 Å². The number of nitrogens with zero attached hydrogens (tertiary/aromatic N) is 2. The standard InChI is InChI=1S/C12H12N2O/c13-8-10-3-4-11(9-15)12(7-10)14-5-1-2-6-14/h3-4,7,9H,1-2,5-6H2. The van der Waals surface area contributed by atoms with Crippen molar-refractivity contribution in [2.45, 2.75) is 12.8 Å². The second-order valence-electron chi connectivity index (χ2n) is 3.70. The van der Waals surface area contributed by atoms with Gasteiger partial charge in [-0.2, -0.15) is 5.26 Å². The van der Waals surface area contributed by atoms with E-state index in [1.165, 1.54) is 0 Å². The van der Waals surface area contributed by atoms with Gasteiger partial charge in [0.2, 0.25) is 0 Å². The third-order valence-electron chi connectivity index (χ3n) is 2.73. The van der Waals surface area contributed by atoms with Crippen LogP contribution in [0.25, 0.3) is 0 Å². The molecule has 3 heteroatoms. The first-order valence-electron chi connectivity index (χ1n) is 5.09. The Labute approximate surface area is 88.9 Å². The van der Waals surface area contributed by atoms with E-state index in [-0.39, 0.29) is 0 Å². The summed E-state index contributed by atoms with van der Waals surface area (Å²) in [7, 11) is 0. The Morgan fingerprint density at radius 2 is 2.07 bits per heavy atom. The van der Waals surface area contributed by atoms with Crippen LogP contribution < -0.4 is 4.90 Å². The van der Waals surface area contributed by atoms with Crippen LogP contribution in [0.5, 0.6) is 0 Å². The molecule has 0 spiro atoms. The molecule has 1 saturated heterocycles. The Balaban J connectivity index is 2.41. The number of benzene rings is 1. The minimum Gasteiger partial charge on any atom is -0.371 e. The van der Waals surface area contributed by atoms with Crippen molar-refractivity contribution in [1.29, 1.82) is 5.26 Å². The van der Waals surface area contributed by atoms with Gasteiger partial charge in [0.25, 0.3) is 0 Å². The third kappa shape index (κ3) is 1.84. The zero-order valence-corrected chi connectivity index (χ0v) is 8.44. The molecule has 2 rings (SSSR count). The zero-order chi connectivity index (χ0) is 10.7. The van der Waals surface area contributed by atoms with Crippen LogP contribution in [0.4, 0.5) is 5.69 Å². The van der Waals surface area contributed by atoms with E-state index in [4.69, 9.17) is 5.26 Å². The molecule has 0 unspecified atom stereocenters. The van der Waals surface area contributed by atoms with Crippen molar-refractivity contribution in [3.63, 3.8) is 0 Å². The first kappa shape index (κ1) is 9.72. The van der Waals surface area contributed by atoms with Crippen molar-refractivity contribution in [3.8, 4) is 6.07 Å². The smallest absolute Gasteiger partial charge is 0.152 e. The van der Waals surface area contributed by atoms with Gasteiger partial charge in [-0.1, -0.05) is 0 Å². The molecule has 1 aromatic rings. The Kier molecular flexibility index (Phi) is 2.68.